The maximum Gasteiger partial charge on any atom is 0.221 e. The summed E-state index contributed by atoms with van der Waals surface area (Å²) in [6, 6.07) is 0. The molecule has 0 spiro atoms. The molecular formula is C11H24N2O4. The zero-order valence-corrected chi connectivity index (χ0v) is 10.8. The van der Waals surface area contributed by atoms with Crippen LogP contribution in [0, 0.1) is 0 Å². The highest BCUT2D eigenvalue weighted by molar-refractivity contribution is 5.75. The second kappa shape index (κ2) is 13.4. The van der Waals surface area contributed by atoms with Gasteiger partial charge in [-0.25, -0.2) is 0 Å². The normalized spacial score (nSPS) is 10.5. The highest BCUT2D eigenvalue weighted by atomic mass is 16.5. The van der Waals surface area contributed by atoms with Gasteiger partial charge in [0.25, 0.3) is 0 Å². The van der Waals surface area contributed by atoms with Gasteiger partial charge in [-0.3, -0.25) is 4.79 Å². The van der Waals surface area contributed by atoms with Crippen LogP contribution in [0.3, 0.4) is 0 Å². The number of nitrogens with one attached hydrogen (secondary N) is 2. The van der Waals surface area contributed by atoms with E-state index in [2.05, 4.69) is 10.6 Å². The molecular weight excluding hydrogens is 224 g/mol. The monoisotopic (exact) mass is 248 g/mol. The highest BCUT2D eigenvalue weighted by Crippen LogP contribution is 1.80. The number of carbonyl (C=O) groups excluding carboxylic acids is 1. The van der Waals surface area contributed by atoms with Gasteiger partial charge in [-0.05, 0) is 0 Å². The minimum Gasteiger partial charge on any atom is -0.382 e. The molecule has 2 N–H and O–H groups in total. The van der Waals surface area contributed by atoms with Gasteiger partial charge in [-0.1, -0.05) is 0 Å². The van der Waals surface area contributed by atoms with E-state index in [-0.39, 0.29) is 5.91 Å². The van der Waals surface area contributed by atoms with E-state index in [4.69, 9.17) is 14.2 Å². The number of hydrogen-bond donors (Lipinski definition) is 2. The van der Waals surface area contributed by atoms with E-state index in [0.717, 1.165) is 6.54 Å². The van der Waals surface area contributed by atoms with E-state index >= 15 is 0 Å². The first-order chi connectivity index (χ1) is 8.31. The Morgan fingerprint density at radius 1 is 1.00 bits per heavy atom. The lowest BCUT2D eigenvalue weighted by atomic mass is 10.4. The first-order valence-corrected chi connectivity index (χ1v) is 5.87. The fourth-order valence-electron chi connectivity index (χ4n) is 1.06. The summed E-state index contributed by atoms with van der Waals surface area (Å²) in [6.07, 6.45) is 0.497. The molecule has 0 aliphatic carbocycles. The van der Waals surface area contributed by atoms with Crippen LogP contribution >= 0.6 is 0 Å². The summed E-state index contributed by atoms with van der Waals surface area (Å²) in [5.74, 6) is 0.0463. The van der Waals surface area contributed by atoms with Crippen molar-refractivity contribution in [1.29, 1.82) is 0 Å². The van der Waals surface area contributed by atoms with E-state index in [1.165, 1.54) is 0 Å². The second-order valence-corrected chi connectivity index (χ2v) is 3.39. The molecule has 0 heterocycles. The zero-order chi connectivity index (χ0) is 12.8. The molecule has 102 valence electrons. The molecule has 0 rings (SSSR count). The quantitative estimate of drug-likeness (QED) is 0.451. The molecule has 6 heteroatoms. The number of amides is 1. The second-order valence-electron chi connectivity index (χ2n) is 3.39. The maximum atomic E-state index is 10.9. The van der Waals surface area contributed by atoms with Gasteiger partial charge in [0.1, 0.15) is 0 Å². The van der Waals surface area contributed by atoms with Crippen molar-refractivity contribution in [3.8, 4) is 0 Å². The van der Waals surface area contributed by atoms with Crippen molar-refractivity contribution < 1.29 is 19.0 Å². The summed E-state index contributed by atoms with van der Waals surface area (Å²) in [5.41, 5.74) is 0. The van der Waals surface area contributed by atoms with Gasteiger partial charge in [0, 0.05) is 33.7 Å². The van der Waals surface area contributed by atoms with Gasteiger partial charge in [-0.2, -0.15) is 0 Å². The van der Waals surface area contributed by atoms with Crippen LogP contribution in [0.15, 0.2) is 0 Å². The van der Waals surface area contributed by atoms with E-state index in [1.807, 2.05) is 0 Å². The Kier molecular flexibility index (Phi) is 12.8. The van der Waals surface area contributed by atoms with Crippen molar-refractivity contribution in [1.82, 2.24) is 10.6 Å². The van der Waals surface area contributed by atoms with Gasteiger partial charge in [0.05, 0.1) is 33.0 Å². The fraction of sp³-hybridized carbons (Fsp3) is 0.909. The Bertz CT molecular complexity index is 179. The average molecular weight is 248 g/mol. The molecule has 0 atom stereocenters. The number of hydrogen-bond acceptors (Lipinski definition) is 5. The van der Waals surface area contributed by atoms with Crippen molar-refractivity contribution in [2.24, 2.45) is 0 Å². The Labute approximate surface area is 103 Å². The molecule has 0 aromatic heterocycles. The molecule has 0 aromatic carbocycles. The lowest BCUT2D eigenvalue weighted by molar-refractivity contribution is -0.120. The predicted octanol–water partition coefficient (Wildman–Crippen LogP) is -0.608. The molecule has 17 heavy (non-hydrogen) atoms. The molecule has 0 saturated heterocycles. The largest absolute Gasteiger partial charge is 0.382 e. The third-order valence-electron chi connectivity index (χ3n) is 2.03. The molecule has 0 aliphatic heterocycles. The molecule has 0 aromatic rings. The predicted molar refractivity (Wildman–Crippen MR) is 65.1 cm³/mol. The fourth-order valence-corrected chi connectivity index (χ4v) is 1.06. The molecule has 0 unspecified atom stereocenters. The summed E-state index contributed by atoms with van der Waals surface area (Å²) in [5, 5.41) is 5.68. The van der Waals surface area contributed by atoms with Crippen LogP contribution in [-0.2, 0) is 19.0 Å². The Morgan fingerprint density at radius 3 is 2.29 bits per heavy atom. The SMILES string of the molecule is CNC(=O)CCNCCOCCOCCOC. The van der Waals surface area contributed by atoms with E-state index in [0.29, 0.717) is 46.0 Å². The molecule has 0 bridgehead atoms. The van der Waals surface area contributed by atoms with Gasteiger partial charge in [0.15, 0.2) is 0 Å². The molecule has 1 amide bonds. The van der Waals surface area contributed by atoms with E-state index < -0.39 is 0 Å². The van der Waals surface area contributed by atoms with Crippen molar-refractivity contribution >= 4 is 5.91 Å². The Hall–Kier alpha value is -0.690. The number of carbonyl (C=O) groups is 1. The first kappa shape index (κ1) is 16.3. The summed E-state index contributed by atoms with van der Waals surface area (Å²) in [7, 11) is 3.28. The standard InChI is InChI=1S/C11H24N2O4/c1-12-11(14)3-4-13-5-6-16-9-10-17-8-7-15-2/h13H,3-10H2,1-2H3,(H,12,14). The first-order valence-electron chi connectivity index (χ1n) is 5.87. The lowest BCUT2D eigenvalue weighted by Gasteiger charge is -2.06. The van der Waals surface area contributed by atoms with Gasteiger partial charge in [-0.15, -0.1) is 0 Å². The molecule has 6 nitrogen and oxygen atoms in total. The average Bonchev–Trinajstić information content (AvgIpc) is 2.35. The van der Waals surface area contributed by atoms with Crippen LogP contribution in [0.5, 0.6) is 0 Å². The van der Waals surface area contributed by atoms with Crippen molar-refractivity contribution in [2.45, 2.75) is 6.42 Å². The topological polar surface area (TPSA) is 68.8 Å². The summed E-state index contributed by atoms with van der Waals surface area (Å²) < 4.78 is 15.4. The van der Waals surface area contributed by atoms with E-state index in [1.54, 1.807) is 14.2 Å². The maximum absolute atomic E-state index is 10.9. The smallest absolute Gasteiger partial charge is 0.221 e. The van der Waals surface area contributed by atoms with Crippen molar-refractivity contribution in [2.75, 3.05) is 60.3 Å². The third kappa shape index (κ3) is 13.2. The van der Waals surface area contributed by atoms with Gasteiger partial charge in [0.2, 0.25) is 5.91 Å². The van der Waals surface area contributed by atoms with Gasteiger partial charge < -0.3 is 24.8 Å². The lowest BCUT2D eigenvalue weighted by Crippen LogP contribution is -2.27. The minimum absolute atomic E-state index is 0.0463. The van der Waals surface area contributed by atoms with Crippen LogP contribution < -0.4 is 10.6 Å². The van der Waals surface area contributed by atoms with Crippen LogP contribution in [0.4, 0.5) is 0 Å². The molecule has 0 aliphatic rings. The summed E-state index contributed by atoms with van der Waals surface area (Å²) in [6.45, 7) is 4.43. The van der Waals surface area contributed by atoms with Crippen LogP contribution in [0.2, 0.25) is 0 Å². The number of rotatable bonds is 12. The van der Waals surface area contributed by atoms with E-state index in [9.17, 15) is 4.79 Å². The highest BCUT2D eigenvalue weighted by Gasteiger charge is 1.96. The zero-order valence-electron chi connectivity index (χ0n) is 10.8. The Balaban J connectivity index is 2.96. The van der Waals surface area contributed by atoms with Crippen LogP contribution in [0.1, 0.15) is 6.42 Å². The Morgan fingerprint density at radius 2 is 1.65 bits per heavy atom. The number of methoxy groups -OCH3 is 1. The van der Waals surface area contributed by atoms with Crippen LogP contribution in [-0.4, -0.2) is 66.2 Å². The van der Waals surface area contributed by atoms with Crippen molar-refractivity contribution in [3.05, 3.63) is 0 Å². The minimum atomic E-state index is 0.0463. The number of ether oxygens (including phenoxy) is 3. The molecule has 0 saturated carbocycles. The summed E-state index contributed by atoms with van der Waals surface area (Å²) >= 11 is 0. The van der Waals surface area contributed by atoms with Crippen LogP contribution in [0.25, 0.3) is 0 Å². The van der Waals surface area contributed by atoms with Crippen molar-refractivity contribution in [3.63, 3.8) is 0 Å². The third-order valence-corrected chi connectivity index (χ3v) is 2.03. The van der Waals surface area contributed by atoms with Gasteiger partial charge >= 0.3 is 0 Å². The molecule has 0 radical (unpaired) electrons. The summed E-state index contributed by atoms with van der Waals surface area (Å²) in [4.78, 5) is 10.9. The molecule has 0 fully saturated rings.